The Balaban J connectivity index is 2.09. The highest BCUT2D eigenvalue weighted by Gasteiger charge is 2.43. The van der Waals surface area contributed by atoms with Gasteiger partial charge in [-0.3, -0.25) is 0 Å². The number of nitrogens with zero attached hydrogens (tertiary/aromatic N) is 2. The van der Waals surface area contributed by atoms with Gasteiger partial charge in [0.25, 0.3) is 0 Å². The Labute approximate surface area is 185 Å². The van der Waals surface area contributed by atoms with E-state index in [2.05, 4.69) is 121 Å². The van der Waals surface area contributed by atoms with Gasteiger partial charge in [-0.25, -0.2) is 0 Å². The second-order valence-corrected chi connectivity index (χ2v) is 10.6. The lowest BCUT2D eigenvalue weighted by Gasteiger charge is -2.23. The summed E-state index contributed by atoms with van der Waals surface area (Å²) >= 11 is 7.60. The number of benzene rings is 2. The SMILES string of the molecule is C=C1N(C)c2c(-c3ccc(Br)c4c3N(C)C(=C)C4(C)C)ccc(Br)c2C1(C)C. The maximum Gasteiger partial charge on any atom is 0.0539 e. The Morgan fingerprint density at radius 3 is 1.32 bits per heavy atom. The summed E-state index contributed by atoms with van der Waals surface area (Å²) in [5.41, 5.74) is 9.52. The summed E-state index contributed by atoms with van der Waals surface area (Å²) in [6, 6.07) is 8.79. The molecule has 28 heavy (non-hydrogen) atoms. The fourth-order valence-electron chi connectivity index (χ4n) is 4.85. The molecular weight excluding hydrogens is 476 g/mol. The lowest BCUT2D eigenvalue weighted by molar-refractivity contribution is 0.640. The first-order valence-electron chi connectivity index (χ1n) is 9.45. The molecule has 0 saturated carbocycles. The Kier molecular flexibility index (Phi) is 4.23. The predicted molar refractivity (Wildman–Crippen MR) is 128 cm³/mol. The normalized spacial score (nSPS) is 19.3. The molecule has 0 unspecified atom stereocenters. The predicted octanol–water partition coefficient (Wildman–Crippen LogP) is 7.36. The van der Waals surface area contributed by atoms with Crippen LogP contribution < -0.4 is 9.80 Å². The lowest BCUT2D eigenvalue weighted by Crippen LogP contribution is -2.22. The highest BCUT2D eigenvalue weighted by molar-refractivity contribution is 9.10. The summed E-state index contributed by atoms with van der Waals surface area (Å²) in [6.07, 6.45) is 0. The number of anilines is 2. The van der Waals surface area contributed by atoms with Crippen LogP contribution in [-0.4, -0.2) is 14.1 Å². The molecule has 0 aliphatic carbocycles. The molecule has 0 aromatic heterocycles. The van der Waals surface area contributed by atoms with Crippen molar-refractivity contribution in [1.82, 2.24) is 0 Å². The molecule has 2 nitrogen and oxygen atoms in total. The van der Waals surface area contributed by atoms with Crippen LogP contribution in [-0.2, 0) is 10.8 Å². The number of fused-ring (bicyclic) bond motifs is 2. The van der Waals surface area contributed by atoms with Gasteiger partial charge < -0.3 is 9.80 Å². The molecular formula is C24H26Br2N2. The van der Waals surface area contributed by atoms with Crippen molar-refractivity contribution in [1.29, 1.82) is 0 Å². The summed E-state index contributed by atoms with van der Waals surface area (Å²) in [7, 11) is 4.25. The van der Waals surface area contributed by atoms with Gasteiger partial charge in [0, 0.05) is 67.5 Å². The average Bonchev–Trinajstić information content (AvgIpc) is 2.93. The first-order valence-corrected chi connectivity index (χ1v) is 11.0. The third-order valence-electron chi connectivity index (χ3n) is 6.72. The zero-order valence-electron chi connectivity index (χ0n) is 17.4. The maximum absolute atomic E-state index is 4.39. The van der Waals surface area contributed by atoms with E-state index >= 15 is 0 Å². The molecule has 0 radical (unpaired) electrons. The molecule has 146 valence electrons. The van der Waals surface area contributed by atoms with Gasteiger partial charge in [0.1, 0.15) is 0 Å². The van der Waals surface area contributed by atoms with Crippen molar-refractivity contribution in [3.8, 4) is 11.1 Å². The zero-order chi connectivity index (χ0) is 20.8. The van der Waals surface area contributed by atoms with Crippen LogP contribution in [0.25, 0.3) is 11.1 Å². The van der Waals surface area contributed by atoms with E-state index < -0.39 is 0 Å². The first kappa shape index (κ1) is 19.8. The first-order chi connectivity index (χ1) is 12.9. The fraction of sp³-hybridized carbons (Fsp3) is 0.333. The van der Waals surface area contributed by atoms with Crippen molar-refractivity contribution in [2.45, 2.75) is 38.5 Å². The van der Waals surface area contributed by atoms with Crippen molar-refractivity contribution in [3.63, 3.8) is 0 Å². The van der Waals surface area contributed by atoms with E-state index in [4.69, 9.17) is 0 Å². The minimum atomic E-state index is -0.119. The van der Waals surface area contributed by atoms with Crippen LogP contribution in [0, 0.1) is 0 Å². The largest absolute Gasteiger partial charge is 0.347 e. The number of halogens is 2. The topological polar surface area (TPSA) is 6.48 Å². The Morgan fingerprint density at radius 1 is 0.679 bits per heavy atom. The summed E-state index contributed by atoms with van der Waals surface area (Å²) in [5.74, 6) is 0. The average molecular weight is 502 g/mol. The van der Waals surface area contributed by atoms with Gasteiger partial charge >= 0.3 is 0 Å². The standard InChI is InChI=1S/C24H26Br2N2/c1-13-23(3,4)19-17(25)11-9-15(21(19)27(13)7)16-10-12-18(26)20-22(16)28(8)14(2)24(20,5)6/h9-12H,1-2H2,3-8H3. The molecule has 0 atom stereocenters. The van der Waals surface area contributed by atoms with Crippen molar-refractivity contribution >= 4 is 43.2 Å². The van der Waals surface area contributed by atoms with Crippen molar-refractivity contribution in [3.05, 3.63) is 68.9 Å². The molecule has 4 heteroatoms. The molecule has 4 rings (SSSR count). The maximum atomic E-state index is 4.39. The third kappa shape index (κ3) is 2.31. The van der Waals surface area contributed by atoms with Gasteiger partial charge in [-0.05, 0) is 12.1 Å². The summed E-state index contributed by atoms with van der Waals surface area (Å²) in [4.78, 5) is 4.50. The quantitative estimate of drug-likeness (QED) is 0.402. The van der Waals surface area contributed by atoms with E-state index in [-0.39, 0.29) is 10.8 Å². The van der Waals surface area contributed by atoms with Crippen molar-refractivity contribution in [2.24, 2.45) is 0 Å². The highest BCUT2D eigenvalue weighted by Crippen LogP contribution is 2.57. The molecule has 2 aromatic rings. The summed E-state index contributed by atoms with van der Waals surface area (Å²) in [5, 5.41) is 0. The zero-order valence-corrected chi connectivity index (χ0v) is 20.5. The van der Waals surface area contributed by atoms with E-state index in [1.807, 2.05) is 0 Å². The molecule has 0 bridgehead atoms. The van der Waals surface area contributed by atoms with E-state index in [1.165, 1.54) is 33.6 Å². The van der Waals surface area contributed by atoms with Gasteiger partial charge in [-0.15, -0.1) is 0 Å². The Morgan fingerprint density at radius 2 is 1.00 bits per heavy atom. The van der Waals surface area contributed by atoms with Crippen LogP contribution in [0.2, 0.25) is 0 Å². The van der Waals surface area contributed by atoms with Crippen molar-refractivity contribution < 1.29 is 0 Å². The third-order valence-corrected chi connectivity index (χ3v) is 8.04. The molecule has 0 spiro atoms. The van der Waals surface area contributed by atoms with E-state index in [0.717, 1.165) is 20.3 Å². The smallest absolute Gasteiger partial charge is 0.0539 e. The Hall–Kier alpha value is -1.52. The number of allylic oxidation sites excluding steroid dienone is 2. The minimum Gasteiger partial charge on any atom is -0.347 e. The number of hydrogen-bond donors (Lipinski definition) is 0. The Bertz CT molecular complexity index is 977. The van der Waals surface area contributed by atoms with Crippen LogP contribution in [0.5, 0.6) is 0 Å². The molecule has 0 N–H and O–H groups in total. The van der Waals surface area contributed by atoms with Gasteiger partial charge in [0.05, 0.1) is 11.4 Å². The van der Waals surface area contributed by atoms with Gasteiger partial charge in [-0.2, -0.15) is 0 Å². The van der Waals surface area contributed by atoms with Gasteiger partial charge in [0.15, 0.2) is 0 Å². The van der Waals surface area contributed by atoms with Crippen LogP contribution in [0.15, 0.2) is 57.8 Å². The van der Waals surface area contributed by atoms with E-state index in [0.29, 0.717) is 0 Å². The molecule has 0 fully saturated rings. The van der Waals surface area contributed by atoms with Crippen molar-refractivity contribution in [2.75, 3.05) is 23.9 Å². The molecule has 2 aliphatic heterocycles. The number of hydrogen-bond acceptors (Lipinski definition) is 2. The summed E-state index contributed by atoms with van der Waals surface area (Å²) < 4.78 is 2.27. The minimum absolute atomic E-state index is 0.119. The monoisotopic (exact) mass is 500 g/mol. The van der Waals surface area contributed by atoms with Crippen LogP contribution in [0.1, 0.15) is 38.8 Å². The van der Waals surface area contributed by atoms with Gasteiger partial charge in [0.2, 0.25) is 0 Å². The van der Waals surface area contributed by atoms with Crippen LogP contribution in [0.4, 0.5) is 11.4 Å². The van der Waals surface area contributed by atoms with Crippen LogP contribution in [0.3, 0.4) is 0 Å². The molecule has 2 aliphatic rings. The van der Waals surface area contributed by atoms with E-state index in [9.17, 15) is 0 Å². The van der Waals surface area contributed by atoms with Crippen LogP contribution >= 0.6 is 31.9 Å². The number of rotatable bonds is 1. The second kappa shape index (κ2) is 5.99. The summed E-state index contributed by atoms with van der Waals surface area (Å²) in [6.45, 7) is 17.8. The molecule has 2 aromatic carbocycles. The van der Waals surface area contributed by atoms with Gasteiger partial charge in [-0.1, -0.05) is 84.8 Å². The highest BCUT2D eigenvalue weighted by atomic mass is 79.9. The molecule has 2 heterocycles. The molecule has 0 saturated heterocycles. The fourth-order valence-corrected chi connectivity index (χ4v) is 6.48. The van der Waals surface area contributed by atoms with E-state index in [1.54, 1.807) is 0 Å². The number of likely N-dealkylation sites (N-methyl/N-ethyl adjacent to an activating group) is 2. The lowest BCUT2D eigenvalue weighted by atomic mass is 9.82. The second-order valence-electron chi connectivity index (χ2n) is 8.90. The molecule has 0 amide bonds.